The SMILES string of the molecule is CCOC(=O)CC1C(=O)NCCN1c1nc2ccccn2c(=O)c1C=C1SC(=S)N(CC(C)C)C1=O. The summed E-state index contributed by atoms with van der Waals surface area (Å²) in [6, 6.07) is 4.22. The van der Waals surface area contributed by atoms with Gasteiger partial charge in [0.15, 0.2) is 0 Å². The van der Waals surface area contributed by atoms with Gasteiger partial charge in [-0.2, -0.15) is 0 Å². The average molecular weight is 530 g/mol. The van der Waals surface area contributed by atoms with E-state index in [9.17, 15) is 19.2 Å². The lowest BCUT2D eigenvalue weighted by Gasteiger charge is -2.36. The van der Waals surface area contributed by atoms with Crippen molar-refractivity contribution in [3.8, 4) is 0 Å². The van der Waals surface area contributed by atoms with Crippen molar-refractivity contribution >= 4 is 63.6 Å². The van der Waals surface area contributed by atoms with Crippen LogP contribution in [0, 0.1) is 5.92 Å². The number of piperazine rings is 1. The van der Waals surface area contributed by atoms with Gasteiger partial charge in [-0.3, -0.25) is 28.5 Å². The number of nitrogens with zero attached hydrogens (tertiary/aromatic N) is 4. The number of thioether (sulfide) groups is 1. The molecule has 2 amide bonds. The number of rotatable bonds is 7. The molecule has 12 heteroatoms. The summed E-state index contributed by atoms with van der Waals surface area (Å²) in [5.41, 5.74) is 0.126. The van der Waals surface area contributed by atoms with Crippen LogP contribution in [0.3, 0.4) is 0 Å². The highest BCUT2D eigenvalue weighted by Gasteiger charge is 2.37. The zero-order valence-corrected chi connectivity index (χ0v) is 21.9. The van der Waals surface area contributed by atoms with Crippen molar-refractivity contribution < 1.29 is 19.1 Å². The minimum absolute atomic E-state index is 0.146. The largest absolute Gasteiger partial charge is 0.466 e. The number of esters is 1. The van der Waals surface area contributed by atoms with E-state index >= 15 is 0 Å². The van der Waals surface area contributed by atoms with Crippen LogP contribution in [0.2, 0.25) is 0 Å². The summed E-state index contributed by atoms with van der Waals surface area (Å²) in [5, 5.41) is 2.76. The summed E-state index contributed by atoms with van der Waals surface area (Å²) in [6.07, 6.45) is 2.89. The number of pyridine rings is 1. The molecule has 1 N–H and O–H groups in total. The molecule has 1 unspecified atom stereocenters. The third kappa shape index (κ3) is 5.14. The van der Waals surface area contributed by atoms with E-state index in [1.54, 1.807) is 36.2 Å². The van der Waals surface area contributed by atoms with Gasteiger partial charge in [-0.25, -0.2) is 4.98 Å². The lowest BCUT2D eigenvalue weighted by atomic mass is 10.1. The summed E-state index contributed by atoms with van der Waals surface area (Å²) in [7, 11) is 0. The molecule has 0 aromatic carbocycles. The number of hydrogen-bond donors (Lipinski definition) is 1. The first-order valence-electron chi connectivity index (χ1n) is 11.7. The van der Waals surface area contributed by atoms with E-state index in [-0.39, 0.29) is 42.1 Å². The Morgan fingerprint density at radius 2 is 2.11 bits per heavy atom. The number of hydrogen-bond acceptors (Lipinski definition) is 9. The van der Waals surface area contributed by atoms with Gasteiger partial charge in [0.1, 0.15) is 21.8 Å². The normalized spacial score (nSPS) is 19.5. The number of nitrogens with one attached hydrogen (secondary N) is 1. The Bertz CT molecular complexity index is 1320. The quantitative estimate of drug-likeness (QED) is 0.326. The Kier molecular flexibility index (Phi) is 7.74. The smallest absolute Gasteiger partial charge is 0.308 e. The van der Waals surface area contributed by atoms with Crippen LogP contribution in [-0.2, 0) is 19.1 Å². The number of fused-ring (bicyclic) bond motifs is 1. The number of aromatic nitrogens is 2. The summed E-state index contributed by atoms with van der Waals surface area (Å²) in [5.74, 6) is -0.728. The Morgan fingerprint density at radius 1 is 1.33 bits per heavy atom. The van der Waals surface area contributed by atoms with Crippen LogP contribution >= 0.6 is 24.0 Å². The Hall–Kier alpha value is -3.25. The van der Waals surface area contributed by atoms with Gasteiger partial charge in [-0.15, -0.1) is 0 Å². The second kappa shape index (κ2) is 10.8. The average Bonchev–Trinajstić information content (AvgIpc) is 3.09. The third-order valence-corrected chi connectivity index (χ3v) is 7.09. The number of anilines is 1. The molecule has 0 spiro atoms. The maximum atomic E-state index is 13.6. The number of thiocarbonyl (C=S) groups is 1. The second-order valence-electron chi connectivity index (χ2n) is 8.78. The molecule has 2 saturated heterocycles. The molecule has 4 heterocycles. The molecule has 0 bridgehead atoms. The van der Waals surface area contributed by atoms with Gasteiger partial charge in [-0.05, 0) is 31.1 Å². The highest BCUT2D eigenvalue weighted by Crippen LogP contribution is 2.34. The van der Waals surface area contributed by atoms with Crippen LogP contribution in [0.25, 0.3) is 11.7 Å². The van der Waals surface area contributed by atoms with E-state index in [0.717, 1.165) is 11.8 Å². The van der Waals surface area contributed by atoms with Crippen molar-refractivity contribution in [3.05, 3.63) is 45.2 Å². The van der Waals surface area contributed by atoms with Crippen LogP contribution < -0.4 is 15.8 Å². The van der Waals surface area contributed by atoms with Crippen LogP contribution in [0.15, 0.2) is 34.1 Å². The number of ether oxygens (including phenoxy) is 1. The molecule has 1 atom stereocenters. The van der Waals surface area contributed by atoms with Crippen molar-refractivity contribution in [2.24, 2.45) is 5.92 Å². The summed E-state index contributed by atoms with van der Waals surface area (Å²) < 4.78 is 6.87. The van der Waals surface area contributed by atoms with Crippen LogP contribution in [0.1, 0.15) is 32.8 Å². The monoisotopic (exact) mass is 529 g/mol. The fourth-order valence-electron chi connectivity index (χ4n) is 4.14. The van der Waals surface area contributed by atoms with Gasteiger partial charge in [0.2, 0.25) is 5.91 Å². The van der Waals surface area contributed by atoms with Gasteiger partial charge in [0, 0.05) is 25.8 Å². The molecule has 0 aliphatic carbocycles. The summed E-state index contributed by atoms with van der Waals surface area (Å²) in [6.45, 7) is 6.96. The van der Waals surface area contributed by atoms with E-state index in [2.05, 4.69) is 5.32 Å². The van der Waals surface area contributed by atoms with Crippen molar-refractivity contribution in [2.45, 2.75) is 33.2 Å². The fraction of sp³-hybridized carbons (Fsp3) is 0.417. The molecular weight excluding hydrogens is 502 g/mol. The maximum Gasteiger partial charge on any atom is 0.308 e. The van der Waals surface area contributed by atoms with Crippen LogP contribution in [-0.4, -0.2) is 68.7 Å². The van der Waals surface area contributed by atoms with Crippen LogP contribution in [0.4, 0.5) is 5.82 Å². The van der Waals surface area contributed by atoms with E-state index in [1.165, 1.54) is 15.4 Å². The topological polar surface area (TPSA) is 113 Å². The van der Waals surface area contributed by atoms with Crippen LogP contribution in [0.5, 0.6) is 0 Å². The molecule has 2 aromatic rings. The summed E-state index contributed by atoms with van der Waals surface area (Å²) >= 11 is 6.54. The lowest BCUT2D eigenvalue weighted by molar-refractivity contribution is -0.145. The van der Waals surface area contributed by atoms with Crippen molar-refractivity contribution in [2.75, 3.05) is 31.1 Å². The predicted molar refractivity (Wildman–Crippen MR) is 142 cm³/mol. The molecular formula is C24H27N5O5S2. The van der Waals surface area contributed by atoms with Crippen molar-refractivity contribution in [3.63, 3.8) is 0 Å². The molecule has 2 aliphatic rings. The van der Waals surface area contributed by atoms with Gasteiger partial charge in [0.25, 0.3) is 11.5 Å². The lowest BCUT2D eigenvalue weighted by Crippen LogP contribution is -2.57. The zero-order chi connectivity index (χ0) is 26.0. The second-order valence-corrected chi connectivity index (χ2v) is 10.5. The highest BCUT2D eigenvalue weighted by atomic mass is 32.2. The molecule has 10 nitrogen and oxygen atoms in total. The Balaban J connectivity index is 1.85. The molecule has 2 fully saturated rings. The predicted octanol–water partition coefficient (Wildman–Crippen LogP) is 1.81. The molecule has 36 heavy (non-hydrogen) atoms. The van der Waals surface area contributed by atoms with E-state index < -0.39 is 17.6 Å². The van der Waals surface area contributed by atoms with E-state index in [4.69, 9.17) is 21.9 Å². The van der Waals surface area contributed by atoms with E-state index in [1.807, 2.05) is 13.8 Å². The molecule has 0 saturated carbocycles. The first-order valence-corrected chi connectivity index (χ1v) is 12.9. The molecule has 0 radical (unpaired) electrons. The minimum atomic E-state index is -0.918. The molecule has 2 aliphatic heterocycles. The Labute approximate surface area is 217 Å². The highest BCUT2D eigenvalue weighted by molar-refractivity contribution is 8.26. The number of carbonyl (C=O) groups excluding carboxylic acids is 3. The summed E-state index contributed by atoms with van der Waals surface area (Å²) in [4.78, 5) is 60.0. The van der Waals surface area contributed by atoms with E-state index in [0.29, 0.717) is 34.5 Å². The number of carbonyl (C=O) groups is 3. The fourth-order valence-corrected chi connectivity index (χ4v) is 5.40. The van der Waals surface area contributed by atoms with Gasteiger partial charge < -0.3 is 15.0 Å². The van der Waals surface area contributed by atoms with Gasteiger partial charge in [-0.1, -0.05) is 43.9 Å². The minimum Gasteiger partial charge on any atom is -0.466 e. The van der Waals surface area contributed by atoms with Crippen molar-refractivity contribution in [1.82, 2.24) is 19.6 Å². The molecule has 190 valence electrons. The first kappa shape index (κ1) is 25.8. The van der Waals surface area contributed by atoms with Gasteiger partial charge in [0.05, 0.1) is 23.5 Å². The third-order valence-electron chi connectivity index (χ3n) is 5.71. The number of amides is 2. The zero-order valence-electron chi connectivity index (χ0n) is 20.2. The first-order chi connectivity index (χ1) is 17.2. The molecule has 2 aromatic heterocycles. The standard InChI is InChI=1S/C24H27N5O5S2/c1-4-34-19(30)12-16-21(31)25-8-10-27(16)20-15(22(32)28-9-6-5-7-18(28)26-20)11-17-23(33)29(13-14(2)3)24(35)36-17/h5-7,9,11,14,16H,4,8,10,12-13H2,1-3H3,(H,25,31). The van der Waals surface area contributed by atoms with Gasteiger partial charge >= 0.3 is 5.97 Å². The molecule has 4 rings (SSSR count). The maximum absolute atomic E-state index is 13.6. The Morgan fingerprint density at radius 3 is 2.83 bits per heavy atom. The van der Waals surface area contributed by atoms with Crippen molar-refractivity contribution in [1.29, 1.82) is 0 Å².